The number of rotatable bonds is 5. The third-order valence-corrected chi connectivity index (χ3v) is 3.68. The van der Waals surface area contributed by atoms with Crippen molar-refractivity contribution >= 4 is 21.7 Å². The van der Waals surface area contributed by atoms with Crippen LogP contribution in [0, 0.1) is 6.92 Å². The molecule has 0 saturated heterocycles. The summed E-state index contributed by atoms with van der Waals surface area (Å²) >= 11 is 0. The highest BCUT2D eigenvalue weighted by molar-refractivity contribution is 7.90. The number of aryl methyl sites for hydroxylation is 1. The van der Waals surface area contributed by atoms with E-state index in [-0.39, 0.29) is 11.3 Å². The van der Waals surface area contributed by atoms with Gasteiger partial charge in [-0.1, -0.05) is 36.8 Å². The maximum absolute atomic E-state index is 11.7. The number of carbonyl (C=O) groups excluding carboxylic acids is 2. The van der Waals surface area contributed by atoms with E-state index in [0.717, 1.165) is 5.56 Å². The molecule has 18 heavy (non-hydrogen) atoms. The summed E-state index contributed by atoms with van der Waals surface area (Å²) < 4.78 is 24.4. The lowest BCUT2D eigenvalue weighted by Gasteiger charge is -2.05. The van der Waals surface area contributed by atoms with Crippen molar-refractivity contribution in [3.63, 3.8) is 0 Å². The summed E-state index contributed by atoms with van der Waals surface area (Å²) in [5.41, 5.74) is 1.12. The van der Waals surface area contributed by atoms with Gasteiger partial charge >= 0.3 is 5.91 Å². The van der Waals surface area contributed by atoms with E-state index >= 15 is 0 Å². The summed E-state index contributed by atoms with van der Waals surface area (Å²) in [7, 11) is -3.71. The van der Waals surface area contributed by atoms with Crippen molar-refractivity contribution in [1.29, 1.82) is 0 Å². The van der Waals surface area contributed by atoms with E-state index in [9.17, 15) is 18.0 Å². The first-order valence-corrected chi connectivity index (χ1v) is 7.17. The molecule has 5 nitrogen and oxygen atoms in total. The summed E-state index contributed by atoms with van der Waals surface area (Å²) in [6.45, 7) is 3.52. The van der Waals surface area contributed by atoms with Gasteiger partial charge in [-0.05, 0) is 13.3 Å². The fourth-order valence-electron chi connectivity index (χ4n) is 1.34. The summed E-state index contributed by atoms with van der Waals surface area (Å²) in [6, 6.07) is 6.34. The van der Waals surface area contributed by atoms with Crippen LogP contribution >= 0.6 is 0 Å². The molecule has 0 aliphatic rings. The first-order chi connectivity index (χ1) is 8.35. The van der Waals surface area contributed by atoms with Gasteiger partial charge in [-0.25, -0.2) is 13.1 Å². The van der Waals surface area contributed by atoms with E-state index in [1.54, 1.807) is 23.8 Å². The molecule has 0 saturated carbocycles. The second-order valence-electron chi connectivity index (χ2n) is 3.95. The predicted molar refractivity (Wildman–Crippen MR) is 67.7 cm³/mol. The maximum Gasteiger partial charge on any atom is 0.305 e. The largest absolute Gasteiger partial charge is 0.305 e. The number of ketones is 1. The van der Waals surface area contributed by atoms with Crippen LogP contribution in [0.2, 0.25) is 0 Å². The Labute approximate surface area is 106 Å². The van der Waals surface area contributed by atoms with E-state index in [0.29, 0.717) is 6.42 Å². The molecule has 0 atom stereocenters. The summed E-state index contributed by atoms with van der Waals surface area (Å²) in [6.07, 6.45) is 0.376. The van der Waals surface area contributed by atoms with Crippen molar-refractivity contribution in [2.75, 3.05) is 5.75 Å². The number of sulfonamides is 1. The van der Waals surface area contributed by atoms with Gasteiger partial charge in [0.25, 0.3) is 5.78 Å². The molecule has 0 heterocycles. The highest BCUT2D eigenvalue weighted by atomic mass is 32.2. The van der Waals surface area contributed by atoms with E-state index in [2.05, 4.69) is 0 Å². The summed E-state index contributed by atoms with van der Waals surface area (Å²) in [4.78, 5) is 23.1. The summed E-state index contributed by atoms with van der Waals surface area (Å²) in [5.74, 6) is -2.15. The molecule has 0 bridgehead atoms. The molecule has 0 radical (unpaired) electrons. The summed E-state index contributed by atoms with van der Waals surface area (Å²) in [5, 5.41) is 0. The van der Waals surface area contributed by atoms with Crippen molar-refractivity contribution in [2.24, 2.45) is 0 Å². The molecular weight excluding hydrogens is 254 g/mol. The average Bonchev–Trinajstić information content (AvgIpc) is 2.28. The molecule has 0 unspecified atom stereocenters. The van der Waals surface area contributed by atoms with Gasteiger partial charge in [0.1, 0.15) is 0 Å². The van der Waals surface area contributed by atoms with Crippen molar-refractivity contribution in [1.82, 2.24) is 4.72 Å². The number of benzene rings is 1. The van der Waals surface area contributed by atoms with Crippen molar-refractivity contribution in [3.05, 3.63) is 35.4 Å². The number of carbonyl (C=O) groups is 2. The number of nitrogens with one attached hydrogen (secondary N) is 1. The molecule has 98 valence electrons. The van der Waals surface area contributed by atoms with E-state index in [1.807, 2.05) is 6.92 Å². The minimum atomic E-state index is -3.71. The maximum atomic E-state index is 11.7. The minimum absolute atomic E-state index is 0.171. The lowest BCUT2D eigenvalue weighted by molar-refractivity contribution is -0.115. The topological polar surface area (TPSA) is 80.3 Å². The smallest absolute Gasteiger partial charge is 0.283 e. The fraction of sp³-hybridized carbons (Fsp3) is 0.333. The quantitative estimate of drug-likeness (QED) is 0.639. The molecule has 1 amide bonds. The Morgan fingerprint density at radius 1 is 1.17 bits per heavy atom. The number of hydrogen-bond acceptors (Lipinski definition) is 4. The van der Waals surface area contributed by atoms with E-state index in [1.165, 1.54) is 12.1 Å². The first kappa shape index (κ1) is 14.4. The molecule has 6 heteroatoms. The van der Waals surface area contributed by atoms with Crippen LogP contribution in [-0.4, -0.2) is 25.9 Å². The number of hydrogen-bond donors (Lipinski definition) is 1. The number of Topliss-reactive ketones (excluding diaryl/α,β-unsaturated/α-hetero) is 1. The molecule has 1 aromatic carbocycles. The highest BCUT2D eigenvalue weighted by Gasteiger charge is 2.21. The van der Waals surface area contributed by atoms with E-state index in [4.69, 9.17) is 0 Å². The van der Waals surface area contributed by atoms with Crippen LogP contribution in [0.15, 0.2) is 24.3 Å². The van der Waals surface area contributed by atoms with Crippen molar-refractivity contribution < 1.29 is 18.0 Å². The molecule has 1 aromatic rings. The molecule has 0 fully saturated rings. The predicted octanol–water partition coefficient (Wildman–Crippen LogP) is 1.03. The Kier molecular flexibility index (Phi) is 4.61. The van der Waals surface area contributed by atoms with Gasteiger partial charge in [0.05, 0.1) is 5.75 Å². The number of amides is 1. The van der Waals surface area contributed by atoms with Gasteiger partial charge in [-0.3, -0.25) is 9.59 Å². The second-order valence-corrected chi connectivity index (χ2v) is 5.79. The first-order valence-electron chi connectivity index (χ1n) is 5.51. The zero-order chi connectivity index (χ0) is 13.8. The third kappa shape index (κ3) is 3.96. The lowest BCUT2D eigenvalue weighted by atomic mass is 10.1. The monoisotopic (exact) mass is 269 g/mol. The second kappa shape index (κ2) is 5.77. The Hall–Kier alpha value is -1.69. The molecule has 0 spiro atoms. The zero-order valence-electron chi connectivity index (χ0n) is 10.3. The Bertz CT molecular complexity index is 546. The minimum Gasteiger partial charge on any atom is -0.283 e. The van der Waals surface area contributed by atoms with Crippen LogP contribution in [0.1, 0.15) is 29.3 Å². The van der Waals surface area contributed by atoms with Crippen LogP contribution in [0.25, 0.3) is 0 Å². The van der Waals surface area contributed by atoms with Crippen LogP contribution in [-0.2, 0) is 14.8 Å². The molecule has 0 aliphatic heterocycles. The Morgan fingerprint density at radius 2 is 1.72 bits per heavy atom. The molecule has 1 N–H and O–H groups in total. The third-order valence-electron chi connectivity index (χ3n) is 2.24. The molecule has 0 aromatic heterocycles. The zero-order valence-corrected chi connectivity index (χ0v) is 11.1. The van der Waals surface area contributed by atoms with Gasteiger partial charge in [0.2, 0.25) is 10.0 Å². The van der Waals surface area contributed by atoms with Crippen LogP contribution < -0.4 is 4.72 Å². The van der Waals surface area contributed by atoms with Gasteiger partial charge in [0.15, 0.2) is 0 Å². The SMILES string of the molecule is CCCS(=O)(=O)NC(=O)C(=O)c1ccc(C)cc1. The van der Waals surface area contributed by atoms with E-state index < -0.39 is 21.7 Å². The molecular formula is C12H15NO4S. The molecule has 0 aliphatic carbocycles. The highest BCUT2D eigenvalue weighted by Crippen LogP contribution is 2.04. The van der Waals surface area contributed by atoms with Gasteiger partial charge in [-0.15, -0.1) is 0 Å². The molecule has 1 rings (SSSR count). The Balaban J connectivity index is 2.79. The standard InChI is InChI=1S/C12H15NO4S/c1-3-8-18(16,17)13-12(15)11(14)10-6-4-9(2)5-7-10/h4-7H,3,8H2,1-2H3,(H,13,15). The van der Waals surface area contributed by atoms with Gasteiger partial charge < -0.3 is 0 Å². The average molecular weight is 269 g/mol. The normalized spacial score (nSPS) is 11.0. The lowest BCUT2D eigenvalue weighted by Crippen LogP contribution is -2.37. The Morgan fingerprint density at radius 3 is 2.22 bits per heavy atom. The van der Waals surface area contributed by atoms with Gasteiger partial charge in [0, 0.05) is 5.56 Å². The fourth-order valence-corrected chi connectivity index (χ4v) is 2.36. The van der Waals surface area contributed by atoms with Crippen LogP contribution in [0.4, 0.5) is 0 Å². The van der Waals surface area contributed by atoms with Gasteiger partial charge in [-0.2, -0.15) is 0 Å². The van der Waals surface area contributed by atoms with Crippen LogP contribution in [0.5, 0.6) is 0 Å². The van der Waals surface area contributed by atoms with Crippen LogP contribution in [0.3, 0.4) is 0 Å². The van der Waals surface area contributed by atoms with Crippen molar-refractivity contribution in [2.45, 2.75) is 20.3 Å². The van der Waals surface area contributed by atoms with Crippen molar-refractivity contribution in [3.8, 4) is 0 Å².